The lowest BCUT2D eigenvalue weighted by Gasteiger charge is -2.05. The van der Waals surface area contributed by atoms with Crippen LogP contribution in [0.15, 0.2) is 0 Å². The summed E-state index contributed by atoms with van der Waals surface area (Å²) in [6.07, 6.45) is 1.04. The smallest absolute Gasteiger partial charge is 0.305 e. The molecule has 1 unspecified atom stereocenters. The summed E-state index contributed by atoms with van der Waals surface area (Å²) in [5.41, 5.74) is 5.49. The van der Waals surface area contributed by atoms with Crippen LogP contribution < -0.4 is 5.73 Å². The number of esters is 1. The van der Waals surface area contributed by atoms with Gasteiger partial charge in [0.1, 0.15) is 0 Å². The van der Waals surface area contributed by atoms with Gasteiger partial charge in [0, 0.05) is 18.2 Å². The molecule has 0 aromatic heterocycles. The predicted octanol–water partition coefficient (Wildman–Crippen LogP) is 0.197. The van der Waals surface area contributed by atoms with Crippen LogP contribution in [0.25, 0.3) is 0 Å². The highest BCUT2D eigenvalue weighted by atomic mass is 32.1. The highest BCUT2D eigenvalue weighted by Crippen LogP contribution is 1.97. The summed E-state index contributed by atoms with van der Waals surface area (Å²) in [7, 11) is 1.37. The Labute approximate surface area is 66.3 Å². The van der Waals surface area contributed by atoms with Crippen LogP contribution in [0.4, 0.5) is 0 Å². The highest BCUT2D eigenvalue weighted by Gasteiger charge is 2.04. The largest absolute Gasteiger partial charge is 0.469 e. The lowest BCUT2D eigenvalue weighted by atomic mass is 10.2. The molecule has 0 fully saturated rings. The summed E-state index contributed by atoms with van der Waals surface area (Å²) in [6, 6.07) is 0.00225. The van der Waals surface area contributed by atoms with Crippen molar-refractivity contribution in [1.82, 2.24) is 0 Å². The Morgan fingerprint density at radius 2 is 2.40 bits per heavy atom. The van der Waals surface area contributed by atoms with E-state index in [2.05, 4.69) is 17.4 Å². The van der Waals surface area contributed by atoms with E-state index in [9.17, 15) is 4.79 Å². The molecule has 0 aliphatic carbocycles. The first kappa shape index (κ1) is 9.78. The van der Waals surface area contributed by atoms with E-state index in [1.807, 2.05) is 0 Å². The molecule has 0 heterocycles. The van der Waals surface area contributed by atoms with E-state index in [-0.39, 0.29) is 12.0 Å². The Bertz CT molecular complexity index is 108. The fraction of sp³-hybridized carbons (Fsp3) is 0.833. The maximum Gasteiger partial charge on any atom is 0.305 e. The van der Waals surface area contributed by atoms with Crippen molar-refractivity contribution in [2.75, 3.05) is 12.9 Å². The molecule has 0 aromatic rings. The Balaban J connectivity index is 3.26. The second-order valence-corrected chi connectivity index (χ2v) is 2.42. The molecule has 0 aliphatic rings. The van der Waals surface area contributed by atoms with Crippen molar-refractivity contribution in [3.8, 4) is 0 Å². The molecule has 0 rings (SSSR count). The van der Waals surface area contributed by atoms with E-state index in [1.165, 1.54) is 7.11 Å². The number of rotatable bonds is 4. The van der Waals surface area contributed by atoms with Gasteiger partial charge in [-0.2, -0.15) is 12.6 Å². The van der Waals surface area contributed by atoms with E-state index in [0.717, 1.165) is 0 Å². The molecular weight excluding hydrogens is 150 g/mol. The number of thiol groups is 1. The van der Waals surface area contributed by atoms with Crippen LogP contribution in [-0.2, 0) is 9.53 Å². The maximum absolute atomic E-state index is 10.5. The van der Waals surface area contributed by atoms with Crippen molar-refractivity contribution >= 4 is 18.6 Å². The average Bonchev–Trinajstić information content (AvgIpc) is 1.99. The Kier molecular flexibility index (Phi) is 5.43. The summed E-state index contributed by atoms with van der Waals surface area (Å²) < 4.78 is 4.43. The first-order valence-electron chi connectivity index (χ1n) is 3.14. The standard InChI is InChI=1S/C6H13NO2S/c1-9-6(8)3-2-5(7)4-10/h5,10H,2-4,7H2,1H3. The number of nitrogens with two attached hydrogens (primary N) is 1. The molecule has 0 aliphatic heterocycles. The van der Waals surface area contributed by atoms with Gasteiger partial charge in [-0.1, -0.05) is 0 Å². The quantitative estimate of drug-likeness (QED) is 0.460. The number of methoxy groups -OCH3 is 1. The summed E-state index contributed by atoms with van der Waals surface area (Å²) >= 11 is 3.97. The number of hydrogen-bond acceptors (Lipinski definition) is 4. The van der Waals surface area contributed by atoms with Gasteiger partial charge in [-0.3, -0.25) is 4.79 Å². The fourth-order valence-electron chi connectivity index (χ4n) is 0.497. The van der Waals surface area contributed by atoms with Crippen LogP contribution in [0.3, 0.4) is 0 Å². The van der Waals surface area contributed by atoms with Crippen LogP contribution in [0.5, 0.6) is 0 Å². The lowest BCUT2D eigenvalue weighted by Crippen LogP contribution is -2.22. The fourth-order valence-corrected chi connectivity index (χ4v) is 0.679. The zero-order valence-corrected chi connectivity index (χ0v) is 6.93. The molecule has 0 aromatic carbocycles. The van der Waals surface area contributed by atoms with Gasteiger partial charge in [0.2, 0.25) is 0 Å². The summed E-state index contributed by atoms with van der Waals surface area (Å²) in [4.78, 5) is 10.5. The van der Waals surface area contributed by atoms with Crippen molar-refractivity contribution in [3.05, 3.63) is 0 Å². The average molecular weight is 163 g/mol. The molecular formula is C6H13NO2S. The minimum Gasteiger partial charge on any atom is -0.469 e. The highest BCUT2D eigenvalue weighted by molar-refractivity contribution is 7.80. The monoisotopic (exact) mass is 163 g/mol. The molecule has 2 N–H and O–H groups in total. The second kappa shape index (κ2) is 5.56. The SMILES string of the molecule is COC(=O)CCC(N)CS. The second-order valence-electron chi connectivity index (χ2n) is 2.06. The van der Waals surface area contributed by atoms with E-state index < -0.39 is 0 Å². The molecule has 1 atom stereocenters. The molecule has 0 spiro atoms. The van der Waals surface area contributed by atoms with E-state index >= 15 is 0 Å². The van der Waals surface area contributed by atoms with Crippen molar-refractivity contribution in [2.45, 2.75) is 18.9 Å². The van der Waals surface area contributed by atoms with E-state index in [4.69, 9.17) is 5.73 Å². The zero-order chi connectivity index (χ0) is 7.98. The Morgan fingerprint density at radius 1 is 1.80 bits per heavy atom. The summed E-state index contributed by atoms with van der Waals surface area (Å²) in [5, 5.41) is 0. The topological polar surface area (TPSA) is 52.3 Å². The predicted molar refractivity (Wildman–Crippen MR) is 43.1 cm³/mol. The van der Waals surface area contributed by atoms with Crippen LogP contribution in [-0.4, -0.2) is 24.9 Å². The molecule has 10 heavy (non-hydrogen) atoms. The zero-order valence-electron chi connectivity index (χ0n) is 6.04. The van der Waals surface area contributed by atoms with Crippen LogP contribution in [0.2, 0.25) is 0 Å². The summed E-state index contributed by atoms with van der Waals surface area (Å²) in [6.45, 7) is 0. The first-order chi connectivity index (χ1) is 4.70. The van der Waals surface area contributed by atoms with Crippen LogP contribution in [0.1, 0.15) is 12.8 Å². The van der Waals surface area contributed by atoms with Gasteiger partial charge in [0.15, 0.2) is 0 Å². The van der Waals surface area contributed by atoms with Crippen molar-refractivity contribution in [2.24, 2.45) is 5.73 Å². The van der Waals surface area contributed by atoms with Gasteiger partial charge in [0.25, 0.3) is 0 Å². The Hall–Kier alpha value is -0.220. The third kappa shape index (κ3) is 4.64. The van der Waals surface area contributed by atoms with Gasteiger partial charge in [-0.25, -0.2) is 0 Å². The van der Waals surface area contributed by atoms with Crippen molar-refractivity contribution in [1.29, 1.82) is 0 Å². The van der Waals surface area contributed by atoms with Crippen molar-refractivity contribution in [3.63, 3.8) is 0 Å². The van der Waals surface area contributed by atoms with Gasteiger partial charge < -0.3 is 10.5 Å². The van der Waals surface area contributed by atoms with Gasteiger partial charge in [-0.15, -0.1) is 0 Å². The molecule has 0 bridgehead atoms. The number of carbonyl (C=O) groups excluding carboxylic acids is 1. The first-order valence-corrected chi connectivity index (χ1v) is 3.77. The molecule has 0 saturated carbocycles. The van der Waals surface area contributed by atoms with Crippen molar-refractivity contribution < 1.29 is 9.53 Å². The lowest BCUT2D eigenvalue weighted by molar-refractivity contribution is -0.140. The number of carbonyl (C=O) groups is 1. The maximum atomic E-state index is 10.5. The molecule has 0 radical (unpaired) electrons. The third-order valence-corrected chi connectivity index (χ3v) is 1.65. The van der Waals surface area contributed by atoms with Gasteiger partial charge >= 0.3 is 5.97 Å². The van der Waals surface area contributed by atoms with E-state index in [1.54, 1.807) is 0 Å². The molecule has 60 valence electrons. The van der Waals surface area contributed by atoms with Gasteiger partial charge in [-0.05, 0) is 6.42 Å². The molecule has 3 nitrogen and oxygen atoms in total. The summed E-state index contributed by atoms with van der Waals surface area (Å²) in [5.74, 6) is 0.397. The minimum absolute atomic E-state index is 0.00225. The van der Waals surface area contributed by atoms with E-state index in [0.29, 0.717) is 18.6 Å². The van der Waals surface area contributed by atoms with Gasteiger partial charge in [0.05, 0.1) is 7.11 Å². The third-order valence-electron chi connectivity index (χ3n) is 1.18. The minimum atomic E-state index is -0.211. The molecule has 0 amide bonds. The number of hydrogen-bond donors (Lipinski definition) is 2. The number of ether oxygens (including phenoxy) is 1. The molecule has 4 heteroatoms. The van der Waals surface area contributed by atoms with Crippen LogP contribution >= 0.6 is 12.6 Å². The molecule has 0 saturated heterocycles. The van der Waals surface area contributed by atoms with Crippen LogP contribution in [0, 0.1) is 0 Å². The normalized spacial score (nSPS) is 12.7. The Morgan fingerprint density at radius 3 is 2.80 bits per heavy atom.